The zero-order valence-electron chi connectivity index (χ0n) is 17.2. The minimum absolute atomic E-state index is 0.230. The average molecular weight is 425 g/mol. The molecule has 1 N–H and O–H groups in total. The first-order valence-corrected chi connectivity index (χ1v) is 10.8. The van der Waals surface area contributed by atoms with Gasteiger partial charge in [0.05, 0.1) is 0 Å². The number of carbonyl (C=O) groups is 1. The predicted octanol–water partition coefficient (Wildman–Crippen LogP) is 5.92. The van der Waals surface area contributed by atoms with Crippen molar-refractivity contribution in [3.05, 3.63) is 89.6 Å². The number of hydrogen-bond donors (Lipinski definition) is 1. The quantitative estimate of drug-likeness (QED) is 0.389. The summed E-state index contributed by atoms with van der Waals surface area (Å²) in [6, 6.07) is 22.4. The molecule has 5 aromatic rings. The number of imidazole rings is 1. The molecule has 0 aliphatic rings. The number of benzene rings is 3. The fraction of sp³-hybridized carbons (Fsp3) is 0.0800. The van der Waals surface area contributed by atoms with E-state index in [2.05, 4.69) is 28.5 Å². The van der Waals surface area contributed by atoms with Crippen molar-refractivity contribution in [3.63, 3.8) is 0 Å². The van der Waals surface area contributed by atoms with Gasteiger partial charge in [-0.2, -0.15) is 0 Å². The van der Waals surface area contributed by atoms with E-state index in [1.54, 1.807) is 6.20 Å². The van der Waals surface area contributed by atoms with Gasteiger partial charge in [-0.25, -0.2) is 9.97 Å². The average Bonchev–Trinajstić information content (AvgIpc) is 3.41. The van der Waals surface area contributed by atoms with Crippen LogP contribution in [-0.2, 0) is 7.05 Å². The highest BCUT2D eigenvalue weighted by Gasteiger charge is 2.24. The van der Waals surface area contributed by atoms with Crippen LogP contribution in [0.3, 0.4) is 0 Å². The molecule has 0 saturated heterocycles. The van der Waals surface area contributed by atoms with Crippen LogP contribution in [-0.4, -0.2) is 20.4 Å². The Morgan fingerprint density at radius 2 is 1.77 bits per heavy atom. The number of aryl methyl sites for hydroxylation is 1. The van der Waals surface area contributed by atoms with Gasteiger partial charge in [-0.15, -0.1) is 11.3 Å². The highest BCUT2D eigenvalue weighted by Crippen LogP contribution is 2.33. The zero-order chi connectivity index (χ0) is 21.4. The molecular weight excluding hydrogens is 404 g/mol. The number of aromatic nitrogens is 3. The van der Waals surface area contributed by atoms with Gasteiger partial charge in [0.25, 0.3) is 5.91 Å². The second-order valence-electron chi connectivity index (χ2n) is 7.38. The summed E-state index contributed by atoms with van der Waals surface area (Å²) in [5.41, 5.74) is 4.20. The number of nitrogens with zero attached hydrogens (tertiary/aromatic N) is 3. The Hall–Kier alpha value is -3.77. The fourth-order valence-electron chi connectivity index (χ4n) is 3.77. The standard InChI is InChI=1S/C25H20N4OS/c1-16-10-12-18(13-11-16)21-22(24(30)28-25-26-14-15-31-25)29(2)23(27-21)20-9-5-7-17-6-3-4-8-19(17)20/h3-15H,1-2H3,(H,26,28,30). The van der Waals surface area contributed by atoms with Gasteiger partial charge in [0.1, 0.15) is 17.2 Å². The van der Waals surface area contributed by atoms with Crippen LogP contribution in [0.4, 0.5) is 5.13 Å². The lowest BCUT2D eigenvalue weighted by molar-refractivity contribution is 0.102. The van der Waals surface area contributed by atoms with Gasteiger partial charge < -0.3 is 4.57 Å². The van der Waals surface area contributed by atoms with Gasteiger partial charge in [-0.3, -0.25) is 10.1 Å². The number of carbonyl (C=O) groups excluding carboxylic acids is 1. The van der Waals surface area contributed by atoms with Crippen molar-refractivity contribution in [2.75, 3.05) is 5.32 Å². The Kier molecular flexibility index (Phi) is 4.84. The molecule has 1 amide bonds. The topological polar surface area (TPSA) is 59.8 Å². The molecule has 31 heavy (non-hydrogen) atoms. The van der Waals surface area contributed by atoms with Crippen molar-refractivity contribution in [1.82, 2.24) is 14.5 Å². The SMILES string of the molecule is Cc1ccc(-c2nc(-c3cccc4ccccc34)n(C)c2C(=O)Nc2nccs2)cc1. The minimum Gasteiger partial charge on any atom is -0.323 e. The molecule has 3 aromatic carbocycles. The van der Waals surface area contributed by atoms with E-state index in [0.29, 0.717) is 16.5 Å². The molecule has 0 radical (unpaired) electrons. The number of fused-ring (bicyclic) bond motifs is 1. The summed E-state index contributed by atoms with van der Waals surface area (Å²) >= 11 is 1.39. The Bertz CT molecular complexity index is 1380. The highest BCUT2D eigenvalue weighted by molar-refractivity contribution is 7.13. The predicted molar refractivity (Wildman–Crippen MR) is 126 cm³/mol. The van der Waals surface area contributed by atoms with Crippen molar-refractivity contribution in [1.29, 1.82) is 0 Å². The summed E-state index contributed by atoms with van der Waals surface area (Å²) in [6.45, 7) is 2.04. The Morgan fingerprint density at radius 1 is 1.00 bits per heavy atom. The summed E-state index contributed by atoms with van der Waals surface area (Å²) in [7, 11) is 1.89. The molecule has 0 bridgehead atoms. The molecule has 0 unspecified atom stereocenters. The maximum atomic E-state index is 13.3. The molecule has 0 aliphatic carbocycles. The van der Waals surface area contributed by atoms with Crippen molar-refractivity contribution >= 4 is 33.1 Å². The number of amides is 1. The molecule has 0 spiro atoms. The lowest BCUT2D eigenvalue weighted by Gasteiger charge is -2.09. The maximum absolute atomic E-state index is 13.3. The Labute approximate surface area is 184 Å². The number of thiazole rings is 1. The molecule has 5 rings (SSSR count). The van der Waals surface area contributed by atoms with Crippen molar-refractivity contribution < 1.29 is 4.79 Å². The second-order valence-corrected chi connectivity index (χ2v) is 8.27. The first-order valence-electron chi connectivity index (χ1n) is 9.94. The second kappa shape index (κ2) is 7.81. The largest absolute Gasteiger partial charge is 0.323 e. The van der Waals surface area contributed by atoms with E-state index in [4.69, 9.17) is 4.98 Å². The van der Waals surface area contributed by atoms with Gasteiger partial charge in [-0.05, 0) is 17.7 Å². The number of hydrogen-bond acceptors (Lipinski definition) is 4. The van der Waals surface area contributed by atoms with Crippen molar-refractivity contribution in [2.24, 2.45) is 7.05 Å². The van der Waals surface area contributed by atoms with Crippen LogP contribution in [0.25, 0.3) is 33.4 Å². The number of anilines is 1. The van der Waals surface area contributed by atoms with Gasteiger partial charge in [0.15, 0.2) is 5.13 Å². The van der Waals surface area contributed by atoms with Crippen molar-refractivity contribution in [3.8, 4) is 22.6 Å². The molecule has 6 heteroatoms. The molecule has 2 heterocycles. The molecule has 0 atom stereocenters. The Morgan fingerprint density at radius 3 is 2.55 bits per heavy atom. The third-order valence-electron chi connectivity index (χ3n) is 5.32. The lowest BCUT2D eigenvalue weighted by atomic mass is 10.0. The van der Waals surface area contributed by atoms with Crippen LogP contribution < -0.4 is 5.32 Å². The van der Waals surface area contributed by atoms with Crippen molar-refractivity contribution in [2.45, 2.75) is 6.92 Å². The molecule has 0 aliphatic heterocycles. The summed E-state index contributed by atoms with van der Waals surface area (Å²) in [4.78, 5) is 22.5. The number of rotatable bonds is 4. The fourth-order valence-corrected chi connectivity index (χ4v) is 4.30. The zero-order valence-corrected chi connectivity index (χ0v) is 18.0. The van der Waals surface area contributed by atoms with E-state index < -0.39 is 0 Å². The molecule has 0 saturated carbocycles. The van der Waals surface area contributed by atoms with Crippen LogP contribution in [0.5, 0.6) is 0 Å². The Balaban J connectivity index is 1.71. The smallest absolute Gasteiger partial charge is 0.276 e. The van der Waals surface area contributed by atoms with E-state index in [0.717, 1.165) is 33.3 Å². The molecular formula is C25H20N4OS. The van der Waals surface area contributed by atoms with Gasteiger partial charge in [0, 0.05) is 29.8 Å². The van der Waals surface area contributed by atoms with Crippen LogP contribution in [0.15, 0.2) is 78.3 Å². The van der Waals surface area contributed by atoms with E-state index in [1.807, 2.05) is 72.4 Å². The summed E-state index contributed by atoms with van der Waals surface area (Å²) in [5, 5.41) is 7.54. The molecule has 2 aromatic heterocycles. The lowest BCUT2D eigenvalue weighted by Crippen LogP contribution is -2.17. The van der Waals surface area contributed by atoms with E-state index in [1.165, 1.54) is 11.3 Å². The molecule has 152 valence electrons. The summed E-state index contributed by atoms with van der Waals surface area (Å²) in [5.74, 6) is 0.517. The van der Waals surface area contributed by atoms with Crippen LogP contribution in [0.1, 0.15) is 16.1 Å². The monoisotopic (exact) mass is 424 g/mol. The van der Waals surface area contributed by atoms with Gasteiger partial charge in [-0.1, -0.05) is 72.3 Å². The molecule has 5 nitrogen and oxygen atoms in total. The van der Waals surface area contributed by atoms with E-state index in [-0.39, 0.29) is 5.91 Å². The van der Waals surface area contributed by atoms with Crippen LogP contribution >= 0.6 is 11.3 Å². The third kappa shape index (κ3) is 3.51. The maximum Gasteiger partial charge on any atom is 0.276 e. The van der Waals surface area contributed by atoms with Crippen LogP contribution in [0.2, 0.25) is 0 Å². The molecule has 0 fully saturated rings. The van der Waals surface area contributed by atoms with Gasteiger partial charge in [0.2, 0.25) is 0 Å². The van der Waals surface area contributed by atoms with Gasteiger partial charge >= 0.3 is 0 Å². The highest BCUT2D eigenvalue weighted by atomic mass is 32.1. The minimum atomic E-state index is -0.230. The summed E-state index contributed by atoms with van der Waals surface area (Å²) < 4.78 is 1.87. The number of nitrogens with one attached hydrogen (secondary N) is 1. The van der Waals surface area contributed by atoms with E-state index >= 15 is 0 Å². The third-order valence-corrected chi connectivity index (χ3v) is 6.01. The van der Waals surface area contributed by atoms with E-state index in [9.17, 15) is 4.79 Å². The first kappa shape index (κ1) is 19.2. The first-order chi connectivity index (χ1) is 15.1. The van der Waals surface area contributed by atoms with Crippen LogP contribution in [0, 0.1) is 6.92 Å². The normalized spacial score (nSPS) is 11.0. The summed E-state index contributed by atoms with van der Waals surface area (Å²) in [6.07, 6.45) is 1.67.